The van der Waals surface area contributed by atoms with Crippen LogP contribution in [0.5, 0.6) is 0 Å². The van der Waals surface area contributed by atoms with Gasteiger partial charge in [-0.05, 0) is 24.1 Å². The van der Waals surface area contributed by atoms with Crippen molar-refractivity contribution in [1.29, 1.82) is 0 Å². The Morgan fingerprint density at radius 1 is 1.32 bits per heavy atom. The van der Waals surface area contributed by atoms with Crippen molar-refractivity contribution in [3.05, 3.63) is 53.3 Å². The molecule has 3 aromatic heterocycles. The number of fused-ring (bicyclic) bond motifs is 2. The molecule has 37 heavy (non-hydrogen) atoms. The minimum atomic E-state index is -2.15. The molecule has 1 aliphatic heterocycles. The van der Waals surface area contributed by atoms with Crippen LogP contribution in [0.15, 0.2) is 36.7 Å². The average Bonchev–Trinajstić information content (AvgIpc) is 3.32. The summed E-state index contributed by atoms with van der Waals surface area (Å²) >= 11 is 5.95. The summed E-state index contributed by atoms with van der Waals surface area (Å²) in [6.07, 6.45) is -2.41. The highest BCUT2D eigenvalue weighted by Gasteiger charge is 2.84. The molecule has 1 saturated heterocycles. The lowest BCUT2D eigenvalue weighted by Gasteiger charge is -2.35. The third-order valence-electron chi connectivity index (χ3n) is 6.95. The number of aromatic amines is 1. The van der Waals surface area contributed by atoms with Crippen LogP contribution in [0.4, 0.5) is 5.82 Å². The van der Waals surface area contributed by atoms with E-state index in [4.69, 9.17) is 26.8 Å². The minimum absolute atomic E-state index is 0.0312. The summed E-state index contributed by atoms with van der Waals surface area (Å²) in [6, 6.07) is 8.71. The minimum Gasteiger partial charge on any atom is -0.479 e. The molecular formula is C21H20ClN9O6. The van der Waals surface area contributed by atoms with E-state index in [2.05, 4.69) is 35.6 Å². The highest BCUT2D eigenvalue weighted by atomic mass is 35.5. The molecule has 0 amide bonds. The maximum atomic E-state index is 12.7. The Morgan fingerprint density at radius 2 is 2.08 bits per heavy atom. The molecule has 1 saturated carbocycles. The van der Waals surface area contributed by atoms with Gasteiger partial charge >= 0.3 is 5.97 Å². The van der Waals surface area contributed by atoms with Gasteiger partial charge in [0.1, 0.15) is 23.3 Å². The first-order valence-electron chi connectivity index (χ1n) is 11.0. The summed E-state index contributed by atoms with van der Waals surface area (Å²) in [4.78, 5) is 24.8. The first kappa shape index (κ1) is 23.6. The number of carboxylic acids is 1. The Bertz CT molecular complexity index is 1500. The highest BCUT2D eigenvalue weighted by molar-refractivity contribution is 6.28. The number of aliphatic carboxylic acids is 1. The summed E-state index contributed by atoms with van der Waals surface area (Å²) in [6.45, 7) is 1.34. The number of nitrogens with one attached hydrogen (secondary N) is 1. The first-order chi connectivity index (χ1) is 17.6. The zero-order valence-electron chi connectivity index (χ0n) is 19.1. The zero-order valence-corrected chi connectivity index (χ0v) is 19.8. The number of ether oxygens (including phenoxy) is 2. The molecule has 4 heterocycles. The molecule has 2 unspecified atom stereocenters. The van der Waals surface area contributed by atoms with Crippen molar-refractivity contribution in [2.45, 2.75) is 48.6 Å². The van der Waals surface area contributed by atoms with Gasteiger partial charge < -0.3 is 30.5 Å². The van der Waals surface area contributed by atoms with E-state index in [9.17, 15) is 20.1 Å². The van der Waals surface area contributed by atoms with Crippen LogP contribution >= 0.6 is 11.6 Å². The second-order valence-corrected chi connectivity index (χ2v) is 9.49. The third-order valence-corrected chi connectivity index (χ3v) is 7.12. The van der Waals surface area contributed by atoms with E-state index in [1.165, 1.54) is 17.8 Å². The lowest BCUT2D eigenvalue weighted by atomic mass is 9.92. The summed E-state index contributed by atoms with van der Waals surface area (Å²) in [7, 11) is 0. The fraction of sp³-hybridized carbons (Fsp3) is 0.381. The fourth-order valence-corrected chi connectivity index (χ4v) is 5.10. The van der Waals surface area contributed by atoms with Gasteiger partial charge in [0.2, 0.25) is 16.7 Å². The van der Waals surface area contributed by atoms with Crippen LogP contribution in [-0.4, -0.2) is 84.8 Å². The van der Waals surface area contributed by atoms with Gasteiger partial charge in [0.05, 0.1) is 6.33 Å². The van der Waals surface area contributed by atoms with E-state index in [-0.39, 0.29) is 34.5 Å². The molecule has 0 bridgehead atoms. The van der Waals surface area contributed by atoms with Crippen molar-refractivity contribution < 1.29 is 29.6 Å². The van der Waals surface area contributed by atoms with Gasteiger partial charge in [0.25, 0.3) is 0 Å². The summed E-state index contributed by atoms with van der Waals surface area (Å²) < 4.78 is 13.4. The second-order valence-electron chi connectivity index (χ2n) is 9.15. The maximum absolute atomic E-state index is 12.7. The van der Waals surface area contributed by atoms with Gasteiger partial charge in [-0.1, -0.05) is 35.5 Å². The number of carbonyl (C=O) groups is 1. The number of anilines is 1. The van der Waals surface area contributed by atoms with E-state index in [0.717, 1.165) is 0 Å². The number of nitrogens with zero attached hydrogens (tertiary/aromatic N) is 7. The molecule has 4 aromatic rings. The van der Waals surface area contributed by atoms with Gasteiger partial charge in [0.15, 0.2) is 23.3 Å². The Morgan fingerprint density at radius 3 is 2.70 bits per heavy atom. The van der Waals surface area contributed by atoms with Crippen molar-refractivity contribution in [2.75, 3.05) is 5.73 Å². The molecule has 16 heteroatoms. The molecule has 0 spiro atoms. The maximum Gasteiger partial charge on any atom is 0.344 e. The van der Waals surface area contributed by atoms with Crippen LogP contribution in [0.3, 0.4) is 0 Å². The van der Waals surface area contributed by atoms with Crippen molar-refractivity contribution in [2.24, 2.45) is 0 Å². The van der Waals surface area contributed by atoms with Crippen LogP contribution in [-0.2, 0) is 26.3 Å². The normalized spacial score (nSPS) is 30.2. The topological polar surface area (TPSA) is 220 Å². The fourth-order valence-electron chi connectivity index (χ4n) is 4.93. The second kappa shape index (κ2) is 7.87. The Kier molecular flexibility index (Phi) is 5.02. The number of nitrogens with two attached hydrogens (primary N) is 1. The predicted molar refractivity (Wildman–Crippen MR) is 123 cm³/mol. The van der Waals surface area contributed by atoms with Gasteiger partial charge in [-0.2, -0.15) is 15.2 Å². The number of aliphatic hydroxyl groups is 2. The first-order valence-corrected chi connectivity index (χ1v) is 11.4. The average molecular weight is 530 g/mol. The quantitative estimate of drug-likeness (QED) is 0.192. The van der Waals surface area contributed by atoms with Crippen LogP contribution in [0, 0.1) is 0 Å². The molecule has 2 fully saturated rings. The van der Waals surface area contributed by atoms with Crippen molar-refractivity contribution in [1.82, 2.24) is 40.1 Å². The monoisotopic (exact) mass is 529 g/mol. The Balaban J connectivity index is 1.35. The van der Waals surface area contributed by atoms with E-state index in [1.54, 1.807) is 30.3 Å². The van der Waals surface area contributed by atoms with Crippen molar-refractivity contribution >= 4 is 34.6 Å². The number of tetrazole rings is 1. The molecule has 1 aliphatic carbocycles. The predicted octanol–water partition coefficient (Wildman–Crippen LogP) is -0.424. The van der Waals surface area contributed by atoms with Crippen LogP contribution in [0.1, 0.15) is 24.5 Å². The largest absolute Gasteiger partial charge is 0.479 e. The highest BCUT2D eigenvalue weighted by Crippen LogP contribution is 2.62. The lowest BCUT2D eigenvalue weighted by Crippen LogP contribution is -2.51. The number of rotatable bonds is 7. The molecule has 0 radical (unpaired) electrons. The lowest BCUT2D eigenvalue weighted by molar-refractivity contribution is -0.204. The molecule has 6 N–H and O–H groups in total. The molecule has 6 rings (SSSR count). The third kappa shape index (κ3) is 3.25. The molecule has 192 valence electrons. The van der Waals surface area contributed by atoms with Crippen LogP contribution in [0.2, 0.25) is 5.28 Å². The number of nitrogen functional groups attached to an aromatic ring is 1. The van der Waals surface area contributed by atoms with Crippen LogP contribution in [0.25, 0.3) is 11.2 Å². The molecule has 1 aromatic carbocycles. The van der Waals surface area contributed by atoms with Gasteiger partial charge in [-0.15, -0.1) is 10.2 Å². The number of benzene rings is 1. The Labute approximate surface area is 212 Å². The number of carboxylic acid groups (broad SMARTS) is 1. The number of hydrogen-bond acceptors (Lipinski definition) is 12. The molecule has 15 nitrogen and oxygen atoms in total. The number of halogens is 1. The standard InChI is InChI=1S/C21H20ClN9O6/c1-19(34)16(31-8-24-10-13(23)25-18(22)26-14(10)31)36-11-12(21(11,19)35)37-20(17(32)33,15-27-29-30-28-15)7-9-5-3-2-4-6-9/h2-6,8,11-12,16,34-35H,7H2,1H3,(H,32,33)(H2,23,25,26)(H,27,28,29,30)/t11-,12?,16-,19+,20?,21+/m1/s1. The molecule has 2 aliphatic rings. The van der Waals surface area contributed by atoms with E-state index < -0.39 is 41.2 Å². The van der Waals surface area contributed by atoms with Gasteiger partial charge in [-0.25, -0.2) is 9.78 Å². The smallest absolute Gasteiger partial charge is 0.344 e. The van der Waals surface area contributed by atoms with Gasteiger partial charge in [0, 0.05) is 6.42 Å². The number of aromatic nitrogens is 8. The van der Waals surface area contributed by atoms with E-state index in [1.807, 2.05) is 0 Å². The van der Waals surface area contributed by atoms with Gasteiger partial charge in [-0.3, -0.25) is 4.57 Å². The van der Waals surface area contributed by atoms with Crippen LogP contribution < -0.4 is 5.73 Å². The summed E-state index contributed by atoms with van der Waals surface area (Å²) in [5.74, 6) is -1.63. The number of imidazole rings is 1. The summed E-state index contributed by atoms with van der Waals surface area (Å²) in [5.41, 5.74) is 0.750. The number of H-pyrrole nitrogens is 1. The Hall–Kier alpha value is -3.76. The summed E-state index contributed by atoms with van der Waals surface area (Å²) in [5, 5.41) is 46.6. The zero-order chi connectivity index (χ0) is 26.2. The SMILES string of the molecule is C[C@]1(O)[C@H](n2cnc3c(N)nc(Cl)nc32)O[C@@H]2C(OC(Cc3ccccc3)(C(=O)O)c3nn[nH]n3)[C@@]21O. The molecule has 6 atom stereocenters. The van der Waals surface area contributed by atoms with Crippen molar-refractivity contribution in [3.8, 4) is 0 Å². The van der Waals surface area contributed by atoms with Crippen molar-refractivity contribution in [3.63, 3.8) is 0 Å². The van der Waals surface area contributed by atoms with E-state index in [0.29, 0.717) is 5.56 Å². The van der Waals surface area contributed by atoms with E-state index >= 15 is 0 Å². The number of hydrogen-bond donors (Lipinski definition) is 5. The molecular weight excluding hydrogens is 510 g/mol.